The Morgan fingerprint density at radius 3 is 2.31 bits per heavy atom. The van der Waals surface area contributed by atoms with Crippen molar-refractivity contribution in [3.8, 4) is 0 Å². The maximum absolute atomic E-state index is 13.5. The maximum Gasteiger partial charge on any atom is 0.416 e. The van der Waals surface area contributed by atoms with E-state index in [0.717, 1.165) is 16.8 Å². The number of H-pyrrole nitrogens is 1. The van der Waals surface area contributed by atoms with E-state index in [1.54, 1.807) is 14.1 Å². The zero-order valence-electron chi connectivity index (χ0n) is 15.3. The van der Waals surface area contributed by atoms with Crippen LogP contribution in [0.2, 0.25) is 0 Å². The number of aromatic nitrogens is 4. The number of benzene rings is 1. The molecular formula is C18H16F5N5O. The van der Waals surface area contributed by atoms with Crippen molar-refractivity contribution in [2.45, 2.75) is 18.6 Å². The van der Waals surface area contributed by atoms with E-state index < -0.39 is 35.5 Å². The molecule has 3 aromatic rings. The predicted molar refractivity (Wildman–Crippen MR) is 97.2 cm³/mol. The van der Waals surface area contributed by atoms with Crippen molar-refractivity contribution in [2.24, 2.45) is 0 Å². The number of hydrogen-bond donors (Lipinski definition) is 1. The van der Waals surface area contributed by atoms with Gasteiger partial charge >= 0.3 is 6.18 Å². The number of rotatable bonds is 5. The third kappa shape index (κ3) is 3.71. The van der Waals surface area contributed by atoms with Gasteiger partial charge in [0.2, 0.25) is 5.95 Å². The lowest BCUT2D eigenvalue weighted by atomic mass is 10.0. The van der Waals surface area contributed by atoms with Crippen molar-refractivity contribution < 1.29 is 22.0 Å². The molecule has 0 aliphatic carbocycles. The molecule has 0 saturated heterocycles. The fourth-order valence-electron chi connectivity index (χ4n) is 2.86. The second-order valence-corrected chi connectivity index (χ2v) is 6.41. The summed E-state index contributed by atoms with van der Waals surface area (Å²) in [5.41, 5.74) is -2.23. The van der Waals surface area contributed by atoms with Crippen molar-refractivity contribution in [1.29, 1.82) is 0 Å². The molecule has 0 amide bonds. The third-order valence-electron chi connectivity index (χ3n) is 4.27. The van der Waals surface area contributed by atoms with Crippen LogP contribution in [0.4, 0.5) is 27.9 Å². The molecule has 0 saturated carbocycles. The fraction of sp³-hybridized carbons (Fsp3) is 0.278. The number of nitrogens with zero attached hydrogens (tertiary/aromatic N) is 4. The summed E-state index contributed by atoms with van der Waals surface area (Å²) >= 11 is 0. The maximum atomic E-state index is 13.5. The van der Waals surface area contributed by atoms with E-state index in [1.807, 2.05) is 0 Å². The number of nitrogens with one attached hydrogen (secondary N) is 1. The number of alkyl halides is 5. The molecule has 0 radical (unpaired) electrons. The van der Waals surface area contributed by atoms with Crippen LogP contribution in [0.5, 0.6) is 0 Å². The van der Waals surface area contributed by atoms with Crippen LogP contribution in [0.3, 0.4) is 0 Å². The van der Waals surface area contributed by atoms with Gasteiger partial charge < -0.3 is 4.90 Å². The molecule has 3 rings (SSSR count). The third-order valence-corrected chi connectivity index (χ3v) is 4.27. The molecule has 2 aromatic heterocycles. The van der Waals surface area contributed by atoms with Gasteiger partial charge in [-0.25, -0.2) is 13.5 Å². The van der Waals surface area contributed by atoms with E-state index >= 15 is 0 Å². The second kappa shape index (κ2) is 7.30. The molecular weight excluding hydrogens is 397 g/mol. The minimum Gasteiger partial charge on any atom is -0.348 e. The lowest BCUT2D eigenvalue weighted by molar-refractivity contribution is -0.137. The van der Waals surface area contributed by atoms with Crippen LogP contribution >= 0.6 is 0 Å². The van der Waals surface area contributed by atoms with Gasteiger partial charge in [0.05, 0.1) is 11.6 Å². The highest BCUT2D eigenvalue weighted by atomic mass is 19.4. The molecule has 0 unspecified atom stereocenters. The Bertz CT molecular complexity index is 1100. The van der Waals surface area contributed by atoms with E-state index in [4.69, 9.17) is 0 Å². The van der Waals surface area contributed by atoms with Crippen molar-refractivity contribution in [2.75, 3.05) is 19.0 Å². The number of fused-ring (bicyclic) bond motifs is 1. The van der Waals surface area contributed by atoms with Crippen LogP contribution in [0, 0.1) is 0 Å². The zero-order valence-corrected chi connectivity index (χ0v) is 15.3. The van der Waals surface area contributed by atoms with E-state index in [-0.39, 0.29) is 17.0 Å². The first-order valence-electron chi connectivity index (χ1n) is 8.32. The average Bonchev–Trinajstić information content (AvgIpc) is 3.02. The molecule has 154 valence electrons. The van der Waals surface area contributed by atoms with Gasteiger partial charge in [0.1, 0.15) is 11.1 Å². The summed E-state index contributed by atoms with van der Waals surface area (Å²) in [5.74, 6) is 0.111. The van der Waals surface area contributed by atoms with E-state index in [0.29, 0.717) is 5.56 Å². The molecule has 1 aromatic carbocycles. The Balaban J connectivity index is 2.23. The molecule has 0 aliphatic rings. The summed E-state index contributed by atoms with van der Waals surface area (Å²) in [4.78, 5) is 20.5. The summed E-state index contributed by atoms with van der Waals surface area (Å²) < 4.78 is 66.5. The minimum atomic E-state index is -4.51. The Morgan fingerprint density at radius 2 is 1.83 bits per heavy atom. The lowest BCUT2D eigenvalue weighted by Gasteiger charge is -2.16. The number of hydrogen-bond acceptors (Lipinski definition) is 4. The highest BCUT2D eigenvalue weighted by Crippen LogP contribution is 2.32. The number of aromatic amines is 1. The van der Waals surface area contributed by atoms with Crippen molar-refractivity contribution in [3.05, 3.63) is 64.1 Å². The Labute approximate surface area is 161 Å². The molecule has 0 bridgehead atoms. The largest absolute Gasteiger partial charge is 0.416 e. The Morgan fingerprint density at radius 1 is 1.21 bits per heavy atom. The molecule has 0 aliphatic heterocycles. The summed E-state index contributed by atoms with van der Waals surface area (Å²) in [6, 6.07) is 3.22. The molecule has 1 N–H and O–H groups in total. The first-order valence-corrected chi connectivity index (χ1v) is 8.32. The SMILES string of the molecule is C=C[C@@H](c1ccc(C(F)(F)F)cc1)n1nc(C(F)F)c2c(=O)[nH]c(N(C)C)nc21. The van der Waals surface area contributed by atoms with Gasteiger partial charge in [0.15, 0.2) is 5.65 Å². The van der Waals surface area contributed by atoms with E-state index in [9.17, 15) is 26.7 Å². The highest BCUT2D eigenvalue weighted by Gasteiger charge is 2.31. The predicted octanol–water partition coefficient (Wildman–Crippen LogP) is 3.92. The van der Waals surface area contributed by atoms with Gasteiger partial charge in [-0.3, -0.25) is 9.78 Å². The number of halogens is 5. The normalized spacial score (nSPS) is 13.1. The Kier molecular flexibility index (Phi) is 5.16. The fourth-order valence-corrected chi connectivity index (χ4v) is 2.86. The monoisotopic (exact) mass is 413 g/mol. The van der Waals surface area contributed by atoms with Crippen molar-refractivity contribution >= 4 is 17.0 Å². The first kappa shape index (κ1) is 20.5. The van der Waals surface area contributed by atoms with Gasteiger partial charge in [0, 0.05) is 14.1 Å². The van der Waals surface area contributed by atoms with Gasteiger partial charge in [-0.15, -0.1) is 6.58 Å². The zero-order chi connectivity index (χ0) is 21.5. The summed E-state index contributed by atoms with van der Waals surface area (Å²) in [5, 5.41) is 3.46. The van der Waals surface area contributed by atoms with Crippen molar-refractivity contribution in [1.82, 2.24) is 19.7 Å². The molecule has 0 fully saturated rings. The van der Waals surface area contributed by atoms with Gasteiger partial charge in [0.25, 0.3) is 12.0 Å². The minimum absolute atomic E-state index is 0.111. The van der Waals surface area contributed by atoms with E-state index in [1.165, 1.54) is 23.1 Å². The second-order valence-electron chi connectivity index (χ2n) is 6.41. The van der Waals surface area contributed by atoms with Crippen LogP contribution in [0.25, 0.3) is 11.0 Å². The molecule has 29 heavy (non-hydrogen) atoms. The van der Waals surface area contributed by atoms with E-state index in [2.05, 4.69) is 21.6 Å². The van der Waals surface area contributed by atoms with Crippen LogP contribution in [0.1, 0.15) is 29.3 Å². The molecule has 6 nitrogen and oxygen atoms in total. The molecule has 1 atom stereocenters. The lowest BCUT2D eigenvalue weighted by Crippen LogP contribution is -2.20. The van der Waals surface area contributed by atoms with Gasteiger partial charge in [-0.05, 0) is 17.7 Å². The van der Waals surface area contributed by atoms with Crippen LogP contribution < -0.4 is 10.5 Å². The summed E-state index contributed by atoms with van der Waals surface area (Å²) in [7, 11) is 3.19. The van der Waals surface area contributed by atoms with Crippen molar-refractivity contribution in [3.63, 3.8) is 0 Å². The highest BCUT2D eigenvalue weighted by molar-refractivity contribution is 5.79. The number of anilines is 1. The van der Waals surface area contributed by atoms with Crippen LogP contribution in [-0.4, -0.2) is 33.8 Å². The topological polar surface area (TPSA) is 66.8 Å². The smallest absolute Gasteiger partial charge is 0.348 e. The molecule has 11 heteroatoms. The van der Waals surface area contributed by atoms with Gasteiger partial charge in [-0.1, -0.05) is 18.2 Å². The Hall–Kier alpha value is -3.24. The van der Waals surface area contributed by atoms with Crippen LogP contribution in [-0.2, 0) is 6.18 Å². The summed E-state index contributed by atoms with van der Waals surface area (Å²) in [6.45, 7) is 3.63. The quantitative estimate of drug-likeness (QED) is 0.509. The van der Waals surface area contributed by atoms with Gasteiger partial charge in [-0.2, -0.15) is 23.3 Å². The number of allylic oxidation sites excluding steroid dienone is 1. The first-order chi connectivity index (χ1) is 13.5. The molecule has 2 heterocycles. The molecule has 0 spiro atoms. The summed E-state index contributed by atoms with van der Waals surface area (Å²) in [6.07, 6.45) is -6.24. The standard InChI is InChI=1S/C18H16F5N5O/c1-4-11(9-5-7-10(8-6-9)18(21,22)23)28-15-12(13(26-28)14(19)20)16(29)25-17(24-15)27(2)3/h4-8,11,14H,1H2,2-3H3,(H,24,25,29)/t11-/m0/s1. The average molecular weight is 413 g/mol. The van der Waals surface area contributed by atoms with Crippen LogP contribution in [0.15, 0.2) is 41.7 Å².